The minimum Gasteiger partial charge on any atom is -0.493 e. The van der Waals surface area contributed by atoms with Crippen LogP contribution in [0.1, 0.15) is 55.0 Å². The van der Waals surface area contributed by atoms with Gasteiger partial charge < -0.3 is 20.1 Å². The number of aliphatic carboxylic acids is 1. The van der Waals surface area contributed by atoms with Gasteiger partial charge in [-0.2, -0.15) is 13.2 Å². The first-order chi connectivity index (χ1) is 17.0. The lowest BCUT2D eigenvalue weighted by Gasteiger charge is -2.26. The number of carbonyl (C=O) groups is 2. The molecule has 1 aromatic heterocycles. The van der Waals surface area contributed by atoms with Gasteiger partial charge in [-0.15, -0.1) is 0 Å². The first-order valence-electron chi connectivity index (χ1n) is 12.1. The van der Waals surface area contributed by atoms with Crippen LogP contribution in [0.2, 0.25) is 0 Å². The molecule has 2 aromatic rings. The van der Waals surface area contributed by atoms with E-state index in [0.29, 0.717) is 36.2 Å². The first-order valence-corrected chi connectivity index (χ1v) is 12.1. The maximum atomic E-state index is 12.9. The van der Waals surface area contributed by atoms with Crippen LogP contribution in [0.4, 0.5) is 19.0 Å². The maximum Gasteiger partial charge on any atom is 0.406 e. The lowest BCUT2D eigenvalue weighted by atomic mass is 9.90. The van der Waals surface area contributed by atoms with Crippen molar-refractivity contribution in [3.63, 3.8) is 0 Å². The van der Waals surface area contributed by atoms with E-state index in [2.05, 4.69) is 17.4 Å². The number of nitrogens with zero attached hydrogens (tertiary/aromatic N) is 2. The number of fused-ring (bicyclic) bond motifs is 3. The van der Waals surface area contributed by atoms with E-state index < -0.39 is 24.6 Å². The van der Waals surface area contributed by atoms with Crippen LogP contribution < -0.4 is 10.1 Å². The Labute approximate surface area is 207 Å². The number of aromatic nitrogens is 1. The summed E-state index contributed by atoms with van der Waals surface area (Å²) >= 11 is 0. The maximum absolute atomic E-state index is 12.9. The molecule has 1 amide bonds. The molecule has 0 unspecified atom stereocenters. The normalized spacial score (nSPS) is 17.7. The fourth-order valence-corrected chi connectivity index (χ4v) is 4.84. The number of rotatable bonds is 5. The molecule has 2 aliphatic heterocycles. The van der Waals surface area contributed by atoms with Gasteiger partial charge in [0, 0.05) is 49.5 Å². The van der Waals surface area contributed by atoms with Crippen LogP contribution in [0.15, 0.2) is 30.3 Å². The number of pyridine rings is 1. The molecule has 0 saturated heterocycles. The minimum atomic E-state index is -4.41. The second kappa shape index (κ2) is 10.4. The number of benzene rings is 1. The molecule has 0 bridgehead atoms. The highest BCUT2D eigenvalue weighted by atomic mass is 19.4. The van der Waals surface area contributed by atoms with E-state index >= 15 is 0 Å². The van der Waals surface area contributed by atoms with Gasteiger partial charge in [0.25, 0.3) is 5.97 Å². The first kappa shape index (κ1) is 25.8. The predicted octanol–water partition coefficient (Wildman–Crippen LogP) is 4.48. The Morgan fingerprint density at radius 2 is 1.92 bits per heavy atom. The van der Waals surface area contributed by atoms with Crippen molar-refractivity contribution in [1.82, 2.24) is 9.88 Å². The van der Waals surface area contributed by atoms with Crippen LogP contribution in [-0.2, 0) is 34.4 Å². The van der Waals surface area contributed by atoms with Gasteiger partial charge in [-0.1, -0.05) is 12.1 Å². The number of nitrogens with one attached hydrogen (secondary N) is 1. The Morgan fingerprint density at radius 3 is 2.61 bits per heavy atom. The zero-order valence-electron chi connectivity index (χ0n) is 20.2. The molecule has 10 heteroatoms. The van der Waals surface area contributed by atoms with Crippen LogP contribution >= 0.6 is 0 Å². The number of anilines is 1. The van der Waals surface area contributed by atoms with E-state index in [1.54, 1.807) is 6.07 Å². The highest BCUT2D eigenvalue weighted by Crippen LogP contribution is 2.54. The molecule has 2 N–H and O–H groups in total. The van der Waals surface area contributed by atoms with Crippen molar-refractivity contribution in [2.24, 2.45) is 0 Å². The second-order valence-electron chi connectivity index (χ2n) is 9.57. The van der Waals surface area contributed by atoms with Gasteiger partial charge in [-0.25, -0.2) is 4.98 Å². The molecule has 5 rings (SSSR count). The summed E-state index contributed by atoms with van der Waals surface area (Å²) < 4.78 is 44.4. The van der Waals surface area contributed by atoms with E-state index in [9.17, 15) is 18.0 Å². The summed E-state index contributed by atoms with van der Waals surface area (Å²) in [4.78, 5) is 26.8. The summed E-state index contributed by atoms with van der Waals surface area (Å²) in [6, 6.07) is 9.68. The van der Waals surface area contributed by atoms with Crippen LogP contribution in [-0.4, -0.2) is 52.7 Å². The van der Waals surface area contributed by atoms with Crippen molar-refractivity contribution < 1.29 is 32.6 Å². The largest absolute Gasteiger partial charge is 0.493 e. The number of carboxylic acid groups (broad SMARTS) is 1. The molecule has 1 aliphatic carbocycles. The Hall–Kier alpha value is -3.30. The Kier molecular flexibility index (Phi) is 7.42. The summed E-state index contributed by atoms with van der Waals surface area (Å²) in [5.74, 6) is 0.282. The zero-order chi connectivity index (χ0) is 25.9. The molecule has 0 atom stereocenters. The topological polar surface area (TPSA) is 91.8 Å². The van der Waals surface area contributed by atoms with Crippen LogP contribution in [0.3, 0.4) is 0 Å². The van der Waals surface area contributed by atoms with Crippen LogP contribution in [0.25, 0.3) is 0 Å². The number of hydrogen-bond acceptors (Lipinski definition) is 5. The fourth-order valence-electron chi connectivity index (χ4n) is 4.84. The molecule has 7 nitrogen and oxygen atoms in total. The Morgan fingerprint density at radius 1 is 1.17 bits per heavy atom. The Bertz CT molecular complexity index is 1130. The third-order valence-electron chi connectivity index (χ3n) is 6.77. The molecular weight excluding hydrogens is 475 g/mol. The van der Waals surface area contributed by atoms with Gasteiger partial charge in [0.1, 0.15) is 18.1 Å². The minimum absolute atomic E-state index is 0.0509. The molecule has 1 fully saturated rings. The summed E-state index contributed by atoms with van der Waals surface area (Å²) in [5, 5.41) is 10.8. The van der Waals surface area contributed by atoms with Crippen molar-refractivity contribution in [2.75, 3.05) is 25.0 Å². The third-order valence-corrected chi connectivity index (χ3v) is 6.77. The summed E-state index contributed by atoms with van der Waals surface area (Å²) in [6.07, 6.45) is 0.418. The van der Waals surface area contributed by atoms with Gasteiger partial charge >= 0.3 is 6.18 Å². The number of ether oxygens (including phenoxy) is 1. The Balaban J connectivity index is 0.000000709. The van der Waals surface area contributed by atoms with Gasteiger partial charge in [0.05, 0.1) is 6.61 Å². The number of hydrogen-bond donors (Lipinski definition) is 2. The van der Waals surface area contributed by atoms with Crippen molar-refractivity contribution in [2.45, 2.75) is 63.6 Å². The number of amides is 1. The lowest BCUT2D eigenvalue weighted by molar-refractivity contribution is -0.162. The molecule has 3 aliphatic rings. The number of carbonyl (C=O) groups excluding carboxylic acids is 1. The van der Waals surface area contributed by atoms with E-state index in [1.165, 1.54) is 24.8 Å². The highest BCUT2D eigenvalue weighted by molar-refractivity contribution is 5.77. The quantitative estimate of drug-likeness (QED) is 0.623. The smallest absolute Gasteiger partial charge is 0.406 e. The van der Waals surface area contributed by atoms with Gasteiger partial charge in [-0.3, -0.25) is 9.59 Å². The highest BCUT2D eigenvalue weighted by Gasteiger charge is 2.47. The molecule has 3 heterocycles. The predicted molar refractivity (Wildman–Crippen MR) is 127 cm³/mol. The second-order valence-corrected chi connectivity index (χ2v) is 9.57. The van der Waals surface area contributed by atoms with Crippen molar-refractivity contribution in [1.29, 1.82) is 0 Å². The molecule has 36 heavy (non-hydrogen) atoms. The molecule has 1 spiro atoms. The van der Waals surface area contributed by atoms with Gasteiger partial charge in [0.15, 0.2) is 0 Å². The summed E-state index contributed by atoms with van der Waals surface area (Å²) in [5.41, 5.74) is 4.24. The summed E-state index contributed by atoms with van der Waals surface area (Å²) in [6.45, 7) is 1.18. The van der Waals surface area contributed by atoms with Crippen molar-refractivity contribution in [3.8, 4) is 5.75 Å². The average molecular weight is 506 g/mol. The molecular formula is C26H30F3N3O4. The average Bonchev–Trinajstić information content (AvgIpc) is 3.58. The SMILES string of the molecule is CC(=O)O.O=C1CCc2ccc(OCCc3ccc4c(n3)NCCC43CC3)cc2CN1CC(F)(F)F. The van der Waals surface area contributed by atoms with E-state index in [0.717, 1.165) is 35.4 Å². The van der Waals surface area contributed by atoms with E-state index in [4.69, 9.17) is 19.6 Å². The van der Waals surface area contributed by atoms with Crippen LogP contribution in [0.5, 0.6) is 5.75 Å². The standard InChI is InChI=1S/C24H26F3N3O2.C2H4O2/c25-24(26,27)15-30-14-17-13-19(4-1-16(17)2-6-21(30)31)32-12-7-18-3-5-20-22(29-18)28-11-10-23(20)8-9-23;1-2(3)4/h1,3-5,13H,2,6-12,14-15H2,(H,28,29);1H3,(H,3,4). The number of halogens is 3. The van der Waals surface area contributed by atoms with Crippen molar-refractivity contribution >= 4 is 17.7 Å². The van der Waals surface area contributed by atoms with Crippen LogP contribution in [0, 0.1) is 0 Å². The number of aryl methyl sites for hydroxylation is 1. The third kappa shape index (κ3) is 6.47. The fraction of sp³-hybridized carbons (Fsp3) is 0.500. The van der Waals surface area contributed by atoms with E-state index in [1.807, 2.05) is 12.1 Å². The van der Waals surface area contributed by atoms with E-state index in [-0.39, 0.29) is 13.0 Å². The molecule has 1 saturated carbocycles. The van der Waals surface area contributed by atoms with Crippen molar-refractivity contribution in [3.05, 3.63) is 52.7 Å². The number of carboxylic acids is 1. The monoisotopic (exact) mass is 505 g/mol. The lowest BCUT2D eigenvalue weighted by Crippen LogP contribution is -2.37. The van der Waals surface area contributed by atoms with Gasteiger partial charge in [-0.05, 0) is 55.0 Å². The zero-order valence-corrected chi connectivity index (χ0v) is 20.2. The molecule has 1 aromatic carbocycles. The number of alkyl halides is 3. The summed E-state index contributed by atoms with van der Waals surface area (Å²) in [7, 11) is 0. The molecule has 194 valence electrons. The van der Waals surface area contributed by atoms with Gasteiger partial charge in [0.2, 0.25) is 5.91 Å². The molecule has 0 radical (unpaired) electrons.